The minimum atomic E-state index is -0.225. The molecule has 2 rings (SSSR count). The van der Waals surface area contributed by atoms with Gasteiger partial charge < -0.3 is 5.32 Å². The fraction of sp³-hybridized carbons (Fsp3) is 0.636. The van der Waals surface area contributed by atoms with Gasteiger partial charge in [-0.2, -0.15) is 0 Å². The third-order valence-corrected chi connectivity index (χ3v) is 3.00. The molecule has 1 saturated heterocycles. The van der Waals surface area contributed by atoms with Crippen molar-refractivity contribution in [1.82, 2.24) is 10.2 Å². The highest BCUT2D eigenvalue weighted by Gasteiger charge is 2.31. The molecule has 1 aliphatic carbocycles. The van der Waals surface area contributed by atoms with Gasteiger partial charge in [-0.1, -0.05) is 12.2 Å². The second-order valence-electron chi connectivity index (χ2n) is 4.04. The van der Waals surface area contributed by atoms with Crippen molar-refractivity contribution >= 4 is 11.9 Å². The minimum absolute atomic E-state index is 0.00806. The lowest BCUT2D eigenvalue weighted by atomic mass is 9.98. The number of rotatable bonds is 1. The Kier molecular flexibility index (Phi) is 3.04. The second kappa shape index (κ2) is 4.47. The summed E-state index contributed by atoms with van der Waals surface area (Å²) in [4.78, 5) is 24.7. The van der Waals surface area contributed by atoms with Crippen LogP contribution in [-0.2, 0) is 4.79 Å². The molecule has 1 heterocycles. The molecule has 0 spiro atoms. The molecule has 1 N–H and O–H groups in total. The van der Waals surface area contributed by atoms with E-state index in [1.165, 1.54) is 4.90 Å². The van der Waals surface area contributed by atoms with Crippen molar-refractivity contribution < 1.29 is 9.59 Å². The van der Waals surface area contributed by atoms with Crippen molar-refractivity contribution in [2.75, 3.05) is 13.1 Å². The van der Waals surface area contributed by atoms with Gasteiger partial charge in [0.15, 0.2) is 0 Å². The molecule has 0 aromatic carbocycles. The number of nitrogens with zero attached hydrogens (tertiary/aromatic N) is 1. The van der Waals surface area contributed by atoms with Gasteiger partial charge in [-0.05, 0) is 25.7 Å². The lowest BCUT2D eigenvalue weighted by molar-refractivity contribution is -0.132. The predicted octanol–water partition coefficient (Wildman–Crippen LogP) is 1.28. The topological polar surface area (TPSA) is 49.4 Å². The zero-order valence-electron chi connectivity index (χ0n) is 8.74. The molecular weight excluding hydrogens is 192 g/mol. The van der Waals surface area contributed by atoms with Crippen LogP contribution in [0.5, 0.6) is 0 Å². The largest absolute Gasteiger partial charge is 0.336 e. The van der Waals surface area contributed by atoms with Gasteiger partial charge in [0.05, 0.1) is 0 Å². The minimum Gasteiger partial charge on any atom is -0.336 e. The third-order valence-electron chi connectivity index (χ3n) is 3.00. The van der Waals surface area contributed by atoms with Crippen molar-refractivity contribution in [3.05, 3.63) is 12.2 Å². The van der Waals surface area contributed by atoms with Crippen LogP contribution in [0.1, 0.15) is 25.7 Å². The number of carbonyl (C=O) groups excluding carboxylic acids is 2. The van der Waals surface area contributed by atoms with E-state index in [2.05, 4.69) is 17.5 Å². The van der Waals surface area contributed by atoms with Gasteiger partial charge >= 0.3 is 6.03 Å². The van der Waals surface area contributed by atoms with Gasteiger partial charge in [0.2, 0.25) is 5.91 Å². The fourth-order valence-electron chi connectivity index (χ4n) is 2.12. The van der Waals surface area contributed by atoms with E-state index in [0.29, 0.717) is 13.1 Å². The van der Waals surface area contributed by atoms with E-state index in [9.17, 15) is 9.59 Å². The standard InChI is InChI=1S/C11H16N2O2/c14-10(13-8-7-12-11(13)15)9-5-3-1-2-4-6-9/h1-2,9H,3-8H2,(H,12,15). The van der Waals surface area contributed by atoms with E-state index in [1.54, 1.807) is 0 Å². The van der Waals surface area contributed by atoms with Crippen LogP contribution >= 0.6 is 0 Å². The molecule has 0 aromatic rings. The Morgan fingerprint density at radius 1 is 1.33 bits per heavy atom. The lowest BCUT2D eigenvalue weighted by Crippen LogP contribution is -2.38. The maximum Gasteiger partial charge on any atom is 0.324 e. The normalized spacial score (nSPS) is 22.7. The van der Waals surface area contributed by atoms with Crippen molar-refractivity contribution in [1.29, 1.82) is 0 Å². The summed E-state index contributed by atoms with van der Waals surface area (Å²) in [6, 6.07) is -0.225. The van der Waals surface area contributed by atoms with Gasteiger partial charge in [-0.25, -0.2) is 4.79 Å². The average Bonchev–Trinajstić information content (AvgIpc) is 2.53. The first kappa shape index (κ1) is 10.2. The van der Waals surface area contributed by atoms with Crippen LogP contribution in [0.15, 0.2) is 12.2 Å². The van der Waals surface area contributed by atoms with Crippen LogP contribution in [0.25, 0.3) is 0 Å². The van der Waals surface area contributed by atoms with Crippen LogP contribution in [0.2, 0.25) is 0 Å². The Labute approximate surface area is 89.3 Å². The molecule has 0 aromatic heterocycles. The van der Waals surface area contributed by atoms with E-state index in [-0.39, 0.29) is 17.9 Å². The van der Waals surface area contributed by atoms with E-state index in [1.807, 2.05) is 0 Å². The second-order valence-corrected chi connectivity index (χ2v) is 4.04. The Hall–Kier alpha value is -1.32. The average molecular weight is 208 g/mol. The molecule has 0 bridgehead atoms. The summed E-state index contributed by atoms with van der Waals surface area (Å²) in [6.07, 6.45) is 7.89. The molecule has 0 radical (unpaired) electrons. The highest BCUT2D eigenvalue weighted by Crippen LogP contribution is 2.21. The number of hydrogen-bond donors (Lipinski definition) is 1. The molecule has 3 amide bonds. The van der Waals surface area contributed by atoms with Gasteiger partial charge in [-0.15, -0.1) is 0 Å². The van der Waals surface area contributed by atoms with E-state index in [4.69, 9.17) is 0 Å². The summed E-state index contributed by atoms with van der Waals surface area (Å²) in [5.74, 6) is 0.0394. The first-order valence-corrected chi connectivity index (χ1v) is 5.53. The highest BCUT2D eigenvalue weighted by molar-refractivity contribution is 5.96. The van der Waals surface area contributed by atoms with Crippen LogP contribution < -0.4 is 5.32 Å². The van der Waals surface area contributed by atoms with Gasteiger partial charge in [0.25, 0.3) is 0 Å². The molecule has 4 nitrogen and oxygen atoms in total. The maximum absolute atomic E-state index is 12.0. The molecule has 0 atom stereocenters. The number of imide groups is 1. The third kappa shape index (κ3) is 2.19. The summed E-state index contributed by atoms with van der Waals surface area (Å²) in [7, 11) is 0. The number of urea groups is 1. The lowest BCUT2D eigenvalue weighted by Gasteiger charge is -2.19. The fourth-order valence-corrected chi connectivity index (χ4v) is 2.12. The quantitative estimate of drug-likeness (QED) is 0.660. The van der Waals surface area contributed by atoms with E-state index >= 15 is 0 Å². The van der Waals surface area contributed by atoms with Crippen LogP contribution in [0.4, 0.5) is 4.79 Å². The van der Waals surface area contributed by atoms with E-state index < -0.39 is 0 Å². The predicted molar refractivity (Wildman–Crippen MR) is 56.2 cm³/mol. The molecule has 1 fully saturated rings. The molecule has 15 heavy (non-hydrogen) atoms. The first-order chi connectivity index (χ1) is 7.29. The molecule has 0 saturated carbocycles. The SMILES string of the molecule is O=C1NCCN1C(=O)C1CCC=CCC1. The van der Waals surface area contributed by atoms with Gasteiger partial charge in [0, 0.05) is 19.0 Å². The van der Waals surface area contributed by atoms with Gasteiger partial charge in [-0.3, -0.25) is 9.69 Å². The van der Waals surface area contributed by atoms with Crippen molar-refractivity contribution in [3.63, 3.8) is 0 Å². The smallest absolute Gasteiger partial charge is 0.324 e. The highest BCUT2D eigenvalue weighted by atomic mass is 16.2. The molecule has 1 aliphatic heterocycles. The number of carbonyl (C=O) groups is 2. The number of amides is 3. The molecule has 82 valence electrons. The zero-order chi connectivity index (χ0) is 10.7. The Bertz CT molecular complexity index is 289. The van der Waals surface area contributed by atoms with Gasteiger partial charge in [0.1, 0.15) is 0 Å². The summed E-state index contributed by atoms with van der Waals surface area (Å²) in [6.45, 7) is 1.12. The van der Waals surface area contributed by atoms with Crippen LogP contribution in [0, 0.1) is 5.92 Å². The maximum atomic E-state index is 12.0. The number of hydrogen-bond acceptors (Lipinski definition) is 2. The number of allylic oxidation sites excluding steroid dienone is 2. The molecule has 4 heteroatoms. The monoisotopic (exact) mass is 208 g/mol. The zero-order valence-corrected chi connectivity index (χ0v) is 8.74. The van der Waals surface area contributed by atoms with E-state index in [0.717, 1.165) is 25.7 Å². The molecule has 2 aliphatic rings. The summed E-state index contributed by atoms with van der Waals surface area (Å²) in [5.41, 5.74) is 0. The summed E-state index contributed by atoms with van der Waals surface area (Å²) >= 11 is 0. The van der Waals surface area contributed by atoms with Crippen LogP contribution in [-0.4, -0.2) is 29.9 Å². The first-order valence-electron chi connectivity index (χ1n) is 5.53. The van der Waals surface area contributed by atoms with Crippen LogP contribution in [0.3, 0.4) is 0 Å². The van der Waals surface area contributed by atoms with Crippen molar-refractivity contribution in [2.24, 2.45) is 5.92 Å². The van der Waals surface area contributed by atoms with Crippen molar-refractivity contribution in [3.8, 4) is 0 Å². The summed E-state index contributed by atoms with van der Waals surface area (Å²) < 4.78 is 0. The Morgan fingerprint density at radius 3 is 2.53 bits per heavy atom. The Balaban J connectivity index is 1.97. The van der Waals surface area contributed by atoms with Crippen molar-refractivity contribution in [2.45, 2.75) is 25.7 Å². The molecular formula is C11H16N2O2. The summed E-state index contributed by atoms with van der Waals surface area (Å²) in [5, 5.41) is 2.66. The Morgan fingerprint density at radius 2 is 2.00 bits per heavy atom. The molecule has 0 unspecified atom stereocenters. The number of nitrogens with one attached hydrogen (secondary N) is 1.